The molecule has 0 fully saturated rings. The van der Waals surface area contributed by atoms with E-state index in [4.69, 9.17) is 5.26 Å². The molecule has 0 saturated carbocycles. The zero-order valence-electron chi connectivity index (χ0n) is 2.36. The SMILES string of the molecule is N#[C][AlH2].[Cr]. The Kier molecular flexibility index (Phi) is 21.2. The molecule has 4 heavy (non-hydrogen) atoms. The van der Waals surface area contributed by atoms with Crippen LogP contribution in [0.15, 0.2) is 0 Å². The van der Waals surface area contributed by atoms with Crippen LogP contribution in [0.5, 0.6) is 0 Å². The van der Waals surface area contributed by atoms with Gasteiger partial charge in [-0.25, -0.2) is 5.26 Å². The molecule has 0 unspecified atom stereocenters. The van der Waals surface area contributed by atoms with Gasteiger partial charge < -0.3 is 0 Å². The van der Waals surface area contributed by atoms with E-state index in [1.165, 1.54) is 0 Å². The summed E-state index contributed by atoms with van der Waals surface area (Å²) in [5.41, 5.74) is 0. The average Bonchev–Trinajstić information content (AvgIpc) is 0.918. The van der Waals surface area contributed by atoms with E-state index in [2.05, 4.69) is 0 Å². The van der Waals surface area contributed by atoms with Crippen LogP contribution >= 0.6 is 0 Å². The van der Waals surface area contributed by atoms with Crippen LogP contribution in [0.3, 0.4) is 0 Å². The van der Waals surface area contributed by atoms with Crippen molar-refractivity contribution in [3.63, 3.8) is 0 Å². The third-order valence-corrected chi connectivity index (χ3v) is 0. The second-order valence-electron chi connectivity index (χ2n) is 0.224. The van der Waals surface area contributed by atoms with E-state index in [-0.39, 0.29) is 17.4 Å². The number of hydrogen-bond donors (Lipinski definition) is 0. The molecule has 3 heteroatoms. The van der Waals surface area contributed by atoms with Gasteiger partial charge in [0.15, 0.2) is 0 Å². The Bertz CT molecular complexity index is 29.5. The second-order valence-corrected chi connectivity index (χ2v) is 0.671. The van der Waals surface area contributed by atoms with Crippen LogP contribution in [0.25, 0.3) is 0 Å². The van der Waals surface area contributed by atoms with Gasteiger partial charge in [0.1, 0.15) is 0 Å². The summed E-state index contributed by atoms with van der Waals surface area (Å²) in [5.74, 6) is 0. The molecule has 0 amide bonds. The van der Waals surface area contributed by atoms with Gasteiger partial charge in [-0.05, 0) is 0 Å². The summed E-state index contributed by atoms with van der Waals surface area (Å²) in [6, 6.07) is 0. The molecule has 0 aromatic heterocycles. The van der Waals surface area contributed by atoms with Gasteiger partial charge in [-0.1, -0.05) is 4.93 Å². The minimum atomic E-state index is 0. The molecule has 0 saturated heterocycles. The molecule has 0 N–H and O–H groups in total. The summed E-state index contributed by atoms with van der Waals surface area (Å²) in [7, 11) is 0. The maximum Gasteiger partial charge on any atom is 0.376 e. The number of rotatable bonds is 0. The topological polar surface area (TPSA) is 23.8 Å². The van der Waals surface area contributed by atoms with E-state index in [1.807, 2.05) is 4.93 Å². The predicted molar refractivity (Wildman–Crippen MR) is 14.2 cm³/mol. The molecular formula is CH2AlCrN. The fourth-order valence-corrected chi connectivity index (χ4v) is 0. The normalized spacial score (nSPS) is 1.75. The average molecular weight is 107 g/mol. The van der Waals surface area contributed by atoms with Gasteiger partial charge in [0.2, 0.25) is 0 Å². The first-order valence-corrected chi connectivity index (χ1v) is 1.72. The molecule has 0 aliphatic heterocycles. The first-order chi connectivity index (χ1) is 1.41. The molecule has 0 bridgehead atoms. The Morgan fingerprint density at radius 1 is 1.75 bits per heavy atom. The Labute approximate surface area is 44.2 Å². The van der Waals surface area contributed by atoms with Crippen molar-refractivity contribution in [3.05, 3.63) is 0 Å². The molecule has 20 valence electrons. The Morgan fingerprint density at radius 3 is 1.75 bits per heavy atom. The summed E-state index contributed by atoms with van der Waals surface area (Å²) in [5, 5.41) is 7.38. The zero-order chi connectivity index (χ0) is 2.71. The standard InChI is InChI=1S/CN.Al.Cr.2H/c1-2;;;;. The quantitative estimate of drug-likeness (QED) is 0.368. The number of nitrogens with zero attached hydrogens (tertiary/aromatic N) is 1. The van der Waals surface area contributed by atoms with Gasteiger partial charge in [-0.3, -0.25) is 0 Å². The van der Waals surface area contributed by atoms with Gasteiger partial charge in [0.05, 0.1) is 0 Å². The maximum absolute atomic E-state index is 7.38. The minimum absolute atomic E-state index is 0. The summed E-state index contributed by atoms with van der Waals surface area (Å²) in [4.78, 5) is 1.89. The van der Waals surface area contributed by atoms with E-state index in [0.717, 1.165) is 0 Å². The summed E-state index contributed by atoms with van der Waals surface area (Å²) in [6.07, 6.45) is 0. The fourth-order valence-electron chi connectivity index (χ4n) is 0. The van der Waals surface area contributed by atoms with Crippen LogP contribution in [0.4, 0.5) is 0 Å². The molecular weight excluding hydrogens is 105 g/mol. The van der Waals surface area contributed by atoms with Gasteiger partial charge in [-0.2, -0.15) is 0 Å². The van der Waals surface area contributed by atoms with Crippen molar-refractivity contribution in [1.82, 2.24) is 0 Å². The van der Waals surface area contributed by atoms with Crippen LogP contribution in [-0.2, 0) is 17.4 Å². The van der Waals surface area contributed by atoms with Crippen LogP contribution in [-0.4, -0.2) is 16.3 Å². The zero-order valence-corrected chi connectivity index (χ0v) is 5.63. The van der Waals surface area contributed by atoms with Crippen molar-refractivity contribution in [3.8, 4) is 4.93 Å². The molecule has 0 rings (SSSR count). The Morgan fingerprint density at radius 2 is 1.75 bits per heavy atom. The minimum Gasteiger partial charge on any atom is -0.226 e. The monoisotopic (exact) mass is 107 g/mol. The van der Waals surface area contributed by atoms with E-state index < -0.39 is 0 Å². The number of hydrogen-bond acceptors (Lipinski definition) is 1. The summed E-state index contributed by atoms with van der Waals surface area (Å²) < 4.78 is 0. The van der Waals surface area contributed by atoms with Crippen LogP contribution in [0.1, 0.15) is 0 Å². The summed E-state index contributed by atoms with van der Waals surface area (Å²) >= 11 is 0.674. The van der Waals surface area contributed by atoms with Crippen LogP contribution < -0.4 is 0 Å². The summed E-state index contributed by atoms with van der Waals surface area (Å²) in [6.45, 7) is 0. The fraction of sp³-hybridized carbons (Fsp3) is 0. The van der Waals surface area contributed by atoms with Gasteiger partial charge >= 0.3 is 16.3 Å². The van der Waals surface area contributed by atoms with Crippen molar-refractivity contribution in [1.29, 1.82) is 5.26 Å². The third kappa shape index (κ3) is 20.1. The largest absolute Gasteiger partial charge is 0.376 e. The third-order valence-electron chi connectivity index (χ3n) is 0. The van der Waals surface area contributed by atoms with E-state index in [0.29, 0.717) is 16.3 Å². The van der Waals surface area contributed by atoms with Gasteiger partial charge in [0, 0.05) is 17.4 Å². The van der Waals surface area contributed by atoms with E-state index in [9.17, 15) is 0 Å². The van der Waals surface area contributed by atoms with Crippen molar-refractivity contribution < 1.29 is 17.4 Å². The van der Waals surface area contributed by atoms with Crippen molar-refractivity contribution in [2.24, 2.45) is 0 Å². The number of nitriles is 1. The second kappa shape index (κ2) is 9.60. The first-order valence-electron chi connectivity index (χ1n) is 0.724. The predicted octanol–water partition coefficient (Wildman–Crippen LogP) is -0.902. The van der Waals surface area contributed by atoms with Crippen LogP contribution in [0, 0.1) is 10.2 Å². The van der Waals surface area contributed by atoms with E-state index >= 15 is 0 Å². The maximum atomic E-state index is 7.38. The Balaban J connectivity index is 0. The van der Waals surface area contributed by atoms with Gasteiger partial charge in [-0.15, -0.1) is 0 Å². The Hall–Kier alpha value is 0.555. The van der Waals surface area contributed by atoms with Gasteiger partial charge in [0.25, 0.3) is 0 Å². The smallest absolute Gasteiger partial charge is 0.226 e. The first kappa shape index (κ1) is 8.82. The molecule has 0 aliphatic carbocycles. The van der Waals surface area contributed by atoms with Crippen molar-refractivity contribution >= 4 is 16.3 Å². The molecule has 0 aliphatic rings. The van der Waals surface area contributed by atoms with Crippen molar-refractivity contribution in [2.45, 2.75) is 0 Å². The molecule has 0 aromatic carbocycles. The molecule has 0 heterocycles. The molecule has 0 atom stereocenters. The molecule has 0 spiro atoms. The van der Waals surface area contributed by atoms with Crippen LogP contribution in [0.2, 0.25) is 0 Å². The molecule has 0 radical (unpaired) electrons. The molecule has 1 nitrogen and oxygen atoms in total. The van der Waals surface area contributed by atoms with Crippen molar-refractivity contribution in [2.75, 3.05) is 0 Å². The van der Waals surface area contributed by atoms with E-state index in [1.54, 1.807) is 0 Å². The molecule has 0 aromatic rings.